The number of nitriles is 1. The molecule has 0 aliphatic carbocycles. The molecule has 1 aromatic rings. The molecule has 1 rings (SSSR count). The van der Waals surface area contributed by atoms with Crippen LogP contribution in [-0.4, -0.2) is 0 Å². The van der Waals surface area contributed by atoms with E-state index in [4.69, 9.17) is 40.1 Å². The van der Waals surface area contributed by atoms with Crippen molar-refractivity contribution in [3.8, 4) is 6.19 Å². The number of hydrogen-bond acceptors (Lipinski definition) is 3. The minimum Gasteiger partial charge on any atom is -0.194 e. The molecule has 0 saturated heterocycles. The Morgan fingerprint density at radius 2 is 1.73 bits per heavy atom. The fraction of sp³-hybridized carbons (Fsp3) is 0. The molecular weight excluding hydrogens is 269 g/mol. The second kappa shape index (κ2) is 7.29. The van der Waals surface area contributed by atoms with Crippen LogP contribution in [0.5, 0.6) is 0 Å². The first-order valence-electron chi connectivity index (χ1n) is 3.34. The third-order valence-electron chi connectivity index (χ3n) is 1.23. The predicted octanol–water partition coefficient (Wildman–Crippen LogP) is 0.720. The molecule has 0 aliphatic heterocycles. The summed E-state index contributed by atoms with van der Waals surface area (Å²) in [6, 6.07) is 2.97. The van der Waals surface area contributed by atoms with Gasteiger partial charge in [0.1, 0.15) is 0 Å². The predicted molar refractivity (Wildman–Crippen MR) is 54.7 cm³/mol. The Bertz CT molecular complexity index is 392. The van der Waals surface area contributed by atoms with Crippen molar-refractivity contribution in [2.24, 2.45) is 10.3 Å². The Morgan fingerprint density at radius 1 is 1.20 bits per heavy atom. The molecule has 0 bridgehead atoms. The van der Waals surface area contributed by atoms with Crippen LogP contribution in [0.4, 0.5) is 5.69 Å². The minimum absolute atomic E-state index is 0. The van der Waals surface area contributed by atoms with Crippen molar-refractivity contribution in [3.63, 3.8) is 0 Å². The van der Waals surface area contributed by atoms with Crippen molar-refractivity contribution in [3.05, 3.63) is 27.2 Å². The van der Waals surface area contributed by atoms with E-state index in [1.54, 1.807) is 6.19 Å². The van der Waals surface area contributed by atoms with Gasteiger partial charge >= 0.3 is 29.6 Å². The maximum absolute atomic E-state index is 8.11. The van der Waals surface area contributed by atoms with Gasteiger partial charge in [-0.3, -0.25) is 0 Å². The van der Waals surface area contributed by atoms with Gasteiger partial charge in [0.2, 0.25) is 0 Å². The van der Waals surface area contributed by atoms with E-state index in [2.05, 4.69) is 10.3 Å². The number of halogens is 3. The van der Waals surface area contributed by atoms with Crippen LogP contribution in [-0.2, 0) is 0 Å². The molecule has 4 nitrogen and oxygen atoms in total. The first kappa shape index (κ1) is 15.0. The van der Waals surface area contributed by atoms with Crippen molar-refractivity contribution in [2.45, 2.75) is 0 Å². The Morgan fingerprint density at radius 3 is 2.20 bits per heavy atom. The number of rotatable bonds is 2. The summed E-state index contributed by atoms with van der Waals surface area (Å²) in [5.41, 5.74) is 2.40. The first-order valence-corrected chi connectivity index (χ1v) is 4.48. The van der Waals surface area contributed by atoms with Crippen molar-refractivity contribution < 1.29 is 29.6 Å². The van der Waals surface area contributed by atoms with E-state index in [1.165, 1.54) is 12.1 Å². The summed E-state index contributed by atoms with van der Waals surface area (Å²) in [5.74, 6) is 0. The number of nitrogens with one attached hydrogen (secondary N) is 1. The van der Waals surface area contributed by atoms with Crippen LogP contribution in [0.2, 0.25) is 15.1 Å². The van der Waals surface area contributed by atoms with Crippen LogP contribution < -0.4 is 35.0 Å². The maximum atomic E-state index is 8.11. The fourth-order valence-electron chi connectivity index (χ4n) is 0.705. The van der Waals surface area contributed by atoms with Crippen molar-refractivity contribution in [1.29, 1.82) is 5.26 Å². The maximum Gasteiger partial charge on any atom is 1.00 e. The van der Waals surface area contributed by atoms with E-state index in [9.17, 15) is 0 Å². The van der Waals surface area contributed by atoms with Gasteiger partial charge in [-0.05, 0) is 12.1 Å². The van der Waals surface area contributed by atoms with Crippen LogP contribution in [0.25, 0.3) is 0 Å². The van der Waals surface area contributed by atoms with Gasteiger partial charge in [0.25, 0.3) is 0 Å². The quantitative estimate of drug-likeness (QED) is 0.215. The molecule has 0 spiro atoms. The molecule has 0 atom stereocenters. The van der Waals surface area contributed by atoms with Gasteiger partial charge in [-0.1, -0.05) is 40.0 Å². The number of nitrogens with zero attached hydrogens (tertiary/aromatic N) is 3. The van der Waals surface area contributed by atoms with Crippen LogP contribution >= 0.6 is 34.8 Å². The summed E-state index contributed by atoms with van der Waals surface area (Å²) < 4.78 is 0. The Balaban J connectivity index is 0.00000196. The molecule has 0 aromatic heterocycles. The average Bonchev–Trinajstić information content (AvgIpc) is 2.14. The molecule has 15 heavy (non-hydrogen) atoms. The van der Waals surface area contributed by atoms with Crippen LogP contribution in [0.15, 0.2) is 22.5 Å². The molecule has 8 heteroatoms. The van der Waals surface area contributed by atoms with E-state index in [0.29, 0.717) is 5.69 Å². The van der Waals surface area contributed by atoms with Gasteiger partial charge in [0.05, 0.1) is 20.8 Å². The van der Waals surface area contributed by atoms with Gasteiger partial charge in [0.15, 0.2) is 6.19 Å². The minimum atomic E-state index is 0. The van der Waals surface area contributed by atoms with Crippen LogP contribution in [0, 0.1) is 11.5 Å². The van der Waals surface area contributed by atoms with E-state index in [0.717, 1.165) is 0 Å². The molecule has 0 amide bonds. The number of hydrogen-bond donors (Lipinski definition) is 1. The van der Waals surface area contributed by atoms with Gasteiger partial charge in [0, 0.05) is 0 Å². The summed E-state index contributed by atoms with van der Waals surface area (Å²) in [6.07, 6.45) is 1.58. The molecule has 0 fully saturated rings. The summed E-state index contributed by atoms with van der Waals surface area (Å²) >= 11 is 17.2. The molecule has 1 N–H and O–H groups in total. The Hall–Kier alpha value is -0.0200. The molecule has 0 saturated carbocycles. The number of benzene rings is 1. The third kappa shape index (κ3) is 4.56. The summed E-state index contributed by atoms with van der Waals surface area (Å²) in [7, 11) is 0. The Labute approximate surface area is 123 Å². The zero-order valence-corrected chi connectivity index (χ0v) is 11.9. The van der Waals surface area contributed by atoms with E-state index in [1.807, 2.05) is 5.43 Å². The standard InChI is InChI=1S/C7H3Cl3N4.Na/c8-5-1-4(13-14-12-3-11)2-6(9)7(5)10;/h1-2H,(H,12,13);/q;+1. The molecule has 1 aromatic carbocycles. The van der Waals surface area contributed by atoms with Crippen molar-refractivity contribution in [2.75, 3.05) is 0 Å². The largest absolute Gasteiger partial charge is 1.00 e. The third-order valence-corrected chi connectivity index (χ3v) is 2.43. The molecule has 0 unspecified atom stereocenters. The second-order valence-corrected chi connectivity index (χ2v) is 3.34. The van der Waals surface area contributed by atoms with Gasteiger partial charge < -0.3 is 0 Å². The van der Waals surface area contributed by atoms with Gasteiger partial charge in [-0.15, -0.1) is 5.11 Å². The zero-order chi connectivity index (χ0) is 10.6. The summed E-state index contributed by atoms with van der Waals surface area (Å²) in [6.45, 7) is 0. The first-order chi connectivity index (χ1) is 6.65. The fourth-order valence-corrected chi connectivity index (χ4v) is 1.29. The van der Waals surface area contributed by atoms with E-state index < -0.39 is 0 Å². The topological polar surface area (TPSA) is 60.5 Å². The molecule has 72 valence electrons. The summed E-state index contributed by atoms with van der Waals surface area (Å²) in [4.78, 5) is 0. The van der Waals surface area contributed by atoms with E-state index in [-0.39, 0.29) is 44.6 Å². The van der Waals surface area contributed by atoms with E-state index >= 15 is 0 Å². The zero-order valence-electron chi connectivity index (χ0n) is 7.63. The van der Waals surface area contributed by atoms with Gasteiger partial charge in [-0.25, -0.2) is 0 Å². The second-order valence-electron chi connectivity index (χ2n) is 2.15. The summed E-state index contributed by atoms with van der Waals surface area (Å²) in [5, 5.41) is 15.9. The van der Waals surface area contributed by atoms with Crippen molar-refractivity contribution in [1.82, 2.24) is 5.43 Å². The van der Waals surface area contributed by atoms with Gasteiger partial charge in [-0.2, -0.15) is 10.7 Å². The normalized spacial score (nSPS) is 9.47. The smallest absolute Gasteiger partial charge is 0.194 e. The van der Waals surface area contributed by atoms with Crippen molar-refractivity contribution >= 4 is 40.5 Å². The molecule has 0 radical (unpaired) electrons. The van der Waals surface area contributed by atoms with Crippen LogP contribution in [0.1, 0.15) is 0 Å². The SMILES string of the molecule is N#CNN=Nc1cc(Cl)c(Cl)c(Cl)c1.[Na+]. The van der Waals surface area contributed by atoms with Crippen LogP contribution in [0.3, 0.4) is 0 Å². The average molecular weight is 272 g/mol. The monoisotopic (exact) mass is 271 g/mol. The molecular formula is C7H3Cl3N4Na+. The molecule has 0 aliphatic rings. The molecule has 0 heterocycles. The Kier molecular flexibility index (Phi) is 7.28.